The summed E-state index contributed by atoms with van der Waals surface area (Å²) in [5.74, 6) is -2.91. The highest BCUT2D eigenvalue weighted by Gasteiger charge is 2.22. The van der Waals surface area contributed by atoms with Crippen LogP contribution in [0.1, 0.15) is 23.3 Å². The molecule has 160 valence electrons. The number of hydrogen-bond acceptors (Lipinski definition) is 7. The number of piperidine rings is 1. The Balaban J connectivity index is 1.64. The van der Waals surface area contributed by atoms with E-state index in [0.29, 0.717) is 12.2 Å². The van der Waals surface area contributed by atoms with Crippen molar-refractivity contribution in [3.63, 3.8) is 0 Å². The lowest BCUT2D eigenvalue weighted by Gasteiger charge is -2.33. The highest BCUT2D eigenvalue weighted by molar-refractivity contribution is 6.07. The first kappa shape index (κ1) is 20.6. The monoisotopic (exact) mass is 425 g/mol. The Bertz CT molecular complexity index is 1120. The number of amides is 1. The summed E-state index contributed by atoms with van der Waals surface area (Å²) in [5.41, 5.74) is 12.9. The number of nitrogen functional groups attached to an aromatic ring is 1. The lowest BCUT2D eigenvalue weighted by atomic mass is 10.1. The molecule has 0 spiro atoms. The van der Waals surface area contributed by atoms with Gasteiger partial charge in [0.05, 0.1) is 35.0 Å². The molecule has 3 aromatic rings. The summed E-state index contributed by atoms with van der Waals surface area (Å²) in [4.78, 5) is 27.2. The van der Waals surface area contributed by atoms with E-state index in [-0.39, 0.29) is 28.8 Å². The molecule has 10 heteroatoms. The summed E-state index contributed by atoms with van der Waals surface area (Å²) in [6.07, 6.45) is 6.24. The van der Waals surface area contributed by atoms with Gasteiger partial charge in [-0.25, -0.2) is 18.7 Å². The summed E-state index contributed by atoms with van der Waals surface area (Å²) in [7, 11) is 0. The van der Waals surface area contributed by atoms with Crippen LogP contribution in [-0.4, -0.2) is 40.0 Å². The van der Waals surface area contributed by atoms with Crippen LogP contribution in [0.4, 0.5) is 25.8 Å². The average molecular weight is 425 g/mol. The van der Waals surface area contributed by atoms with Gasteiger partial charge in [0, 0.05) is 25.3 Å². The van der Waals surface area contributed by atoms with Gasteiger partial charge >= 0.3 is 0 Å². The van der Waals surface area contributed by atoms with Crippen LogP contribution in [0, 0.1) is 11.6 Å². The molecule has 1 aliphatic rings. The predicted octanol–water partition coefficient (Wildman–Crippen LogP) is 2.58. The Morgan fingerprint density at radius 3 is 2.87 bits per heavy atom. The number of nitrogens with one attached hydrogen (secondary N) is 1. The summed E-state index contributed by atoms with van der Waals surface area (Å²) < 4.78 is 27.7. The van der Waals surface area contributed by atoms with Crippen LogP contribution in [0.5, 0.6) is 0 Å². The number of benzene rings is 1. The van der Waals surface area contributed by atoms with Gasteiger partial charge in [-0.3, -0.25) is 9.78 Å². The maximum absolute atomic E-state index is 14.1. The van der Waals surface area contributed by atoms with Crippen LogP contribution in [-0.2, 0) is 0 Å². The number of aromatic nitrogens is 3. The van der Waals surface area contributed by atoms with Crippen LogP contribution >= 0.6 is 0 Å². The van der Waals surface area contributed by atoms with E-state index in [1.54, 1.807) is 12.3 Å². The van der Waals surface area contributed by atoms with Gasteiger partial charge in [-0.05, 0) is 31.0 Å². The first-order valence-electron chi connectivity index (χ1n) is 9.77. The Kier molecular flexibility index (Phi) is 5.72. The highest BCUT2D eigenvalue weighted by atomic mass is 19.2. The van der Waals surface area contributed by atoms with Gasteiger partial charge in [0.1, 0.15) is 0 Å². The molecule has 1 saturated heterocycles. The van der Waals surface area contributed by atoms with Crippen molar-refractivity contribution in [2.45, 2.75) is 18.9 Å². The molecule has 1 atom stereocenters. The Labute approximate surface area is 177 Å². The molecule has 1 aliphatic heterocycles. The van der Waals surface area contributed by atoms with Crippen molar-refractivity contribution in [2.75, 3.05) is 29.0 Å². The number of halogens is 2. The zero-order chi connectivity index (χ0) is 22.0. The van der Waals surface area contributed by atoms with Crippen LogP contribution < -0.4 is 21.7 Å². The second-order valence-electron chi connectivity index (χ2n) is 7.29. The molecule has 0 saturated carbocycles. The first-order valence-corrected chi connectivity index (χ1v) is 9.77. The van der Waals surface area contributed by atoms with E-state index in [0.717, 1.165) is 31.1 Å². The standard InChI is InChI=1S/C21H21F2N7O/c22-14-5-1-4-13(18(14)23)20-27-9-15(25)19(29-20)21(31)28-16-10-26-7-6-17(16)30-8-2-3-12(24)11-30/h1,4-7,9-10,12H,2-3,8,11,24-25H2,(H,28,31)/t12-/m0/s1. The van der Waals surface area contributed by atoms with Crippen LogP contribution in [0.25, 0.3) is 11.4 Å². The van der Waals surface area contributed by atoms with Gasteiger partial charge in [-0.1, -0.05) is 6.07 Å². The molecule has 0 bridgehead atoms. The van der Waals surface area contributed by atoms with Crippen molar-refractivity contribution in [1.29, 1.82) is 0 Å². The van der Waals surface area contributed by atoms with E-state index in [1.165, 1.54) is 24.5 Å². The van der Waals surface area contributed by atoms with Gasteiger partial charge in [-0.2, -0.15) is 0 Å². The van der Waals surface area contributed by atoms with Crippen molar-refractivity contribution in [3.05, 3.63) is 60.2 Å². The third kappa shape index (κ3) is 4.29. The molecule has 3 heterocycles. The molecule has 8 nitrogen and oxygen atoms in total. The molecule has 1 aromatic carbocycles. The Morgan fingerprint density at radius 1 is 1.23 bits per heavy atom. The molecule has 31 heavy (non-hydrogen) atoms. The topological polar surface area (TPSA) is 123 Å². The number of pyridine rings is 1. The summed E-state index contributed by atoms with van der Waals surface area (Å²) >= 11 is 0. The van der Waals surface area contributed by atoms with Crippen LogP contribution in [0.15, 0.2) is 42.9 Å². The number of anilines is 3. The molecule has 0 unspecified atom stereocenters. The summed E-state index contributed by atoms with van der Waals surface area (Å²) in [6, 6.07) is 5.49. The second kappa shape index (κ2) is 8.60. The number of carbonyl (C=O) groups is 1. The zero-order valence-electron chi connectivity index (χ0n) is 16.6. The molecular weight excluding hydrogens is 404 g/mol. The second-order valence-corrected chi connectivity index (χ2v) is 7.29. The molecule has 0 radical (unpaired) electrons. The van der Waals surface area contributed by atoms with Gasteiger partial charge in [0.25, 0.3) is 5.91 Å². The fourth-order valence-corrected chi connectivity index (χ4v) is 3.55. The molecule has 5 N–H and O–H groups in total. The fraction of sp³-hybridized carbons (Fsp3) is 0.238. The first-order chi connectivity index (χ1) is 14.9. The van der Waals surface area contributed by atoms with Crippen molar-refractivity contribution >= 4 is 23.0 Å². The Morgan fingerprint density at radius 2 is 2.06 bits per heavy atom. The molecule has 1 fully saturated rings. The molecule has 1 amide bonds. The third-order valence-corrected chi connectivity index (χ3v) is 5.07. The average Bonchev–Trinajstić information content (AvgIpc) is 2.76. The van der Waals surface area contributed by atoms with Gasteiger partial charge in [0.2, 0.25) is 0 Å². The molecule has 4 rings (SSSR count). The number of hydrogen-bond donors (Lipinski definition) is 3. The van der Waals surface area contributed by atoms with Crippen LogP contribution in [0.2, 0.25) is 0 Å². The van der Waals surface area contributed by atoms with Gasteiger partial charge < -0.3 is 21.7 Å². The largest absolute Gasteiger partial charge is 0.396 e. The van der Waals surface area contributed by atoms with Gasteiger partial charge in [-0.15, -0.1) is 0 Å². The minimum atomic E-state index is -1.10. The quantitative estimate of drug-likeness (QED) is 0.587. The van der Waals surface area contributed by atoms with E-state index in [9.17, 15) is 13.6 Å². The van der Waals surface area contributed by atoms with E-state index in [1.807, 2.05) is 0 Å². The summed E-state index contributed by atoms with van der Waals surface area (Å²) in [6.45, 7) is 1.46. The number of nitrogens with two attached hydrogens (primary N) is 2. The number of carbonyl (C=O) groups excluding carboxylic acids is 1. The summed E-state index contributed by atoms with van der Waals surface area (Å²) in [5, 5.41) is 2.76. The van der Waals surface area contributed by atoms with E-state index in [4.69, 9.17) is 11.5 Å². The predicted molar refractivity (Wildman–Crippen MR) is 113 cm³/mol. The molecule has 0 aliphatic carbocycles. The van der Waals surface area contributed by atoms with E-state index in [2.05, 4.69) is 25.2 Å². The highest BCUT2D eigenvalue weighted by Crippen LogP contribution is 2.28. The number of rotatable bonds is 4. The Hall–Kier alpha value is -3.66. The smallest absolute Gasteiger partial charge is 0.276 e. The van der Waals surface area contributed by atoms with E-state index >= 15 is 0 Å². The van der Waals surface area contributed by atoms with Crippen LogP contribution in [0.3, 0.4) is 0 Å². The van der Waals surface area contributed by atoms with E-state index < -0.39 is 17.5 Å². The lowest BCUT2D eigenvalue weighted by Crippen LogP contribution is -2.43. The van der Waals surface area contributed by atoms with Crippen molar-refractivity contribution < 1.29 is 13.6 Å². The van der Waals surface area contributed by atoms with Crippen molar-refractivity contribution in [1.82, 2.24) is 15.0 Å². The normalized spacial score (nSPS) is 16.2. The maximum Gasteiger partial charge on any atom is 0.276 e. The minimum Gasteiger partial charge on any atom is -0.396 e. The minimum absolute atomic E-state index is 0.00324. The SMILES string of the molecule is Nc1cnc(-c2cccc(F)c2F)nc1C(=O)Nc1cnccc1N1CCC[C@H](N)C1. The number of nitrogens with zero attached hydrogens (tertiary/aromatic N) is 4. The van der Waals surface area contributed by atoms with Gasteiger partial charge in [0.15, 0.2) is 23.2 Å². The lowest BCUT2D eigenvalue weighted by molar-refractivity contribution is 0.102. The molecule has 2 aromatic heterocycles. The molecular formula is C21H21F2N7O. The van der Waals surface area contributed by atoms with Crippen molar-refractivity contribution in [2.24, 2.45) is 5.73 Å². The van der Waals surface area contributed by atoms with Crippen molar-refractivity contribution in [3.8, 4) is 11.4 Å². The maximum atomic E-state index is 14.1. The zero-order valence-corrected chi connectivity index (χ0v) is 16.6. The third-order valence-electron chi connectivity index (χ3n) is 5.07. The fourth-order valence-electron chi connectivity index (χ4n) is 3.55.